The fourth-order valence-corrected chi connectivity index (χ4v) is 3.27. The van der Waals surface area contributed by atoms with Crippen LogP contribution < -0.4 is 10.6 Å². The van der Waals surface area contributed by atoms with Gasteiger partial charge in [-0.25, -0.2) is 4.79 Å². The summed E-state index contributed by atoms with van der Waals surface area (Å²) in [6.07, 6.45) is 7.04. The van der Waals surface area contributed by atoms with E-state index in [9.17, 15) is 9.59 Å². The monoisotopic (exact) mass is 531 g/mol. The third-order valence-electron chi connectivity index (χ3n) is 5.37. The van der Waals surface area contributed by atoms with E-state index in [2.05, 4.69) is 20.7 Å². The molecule has 0 aromatic heterocycles. The van der Waals surface area contributed by atoms with Crippen molar-refractivity contribution >= 4 is 11.9 Å². The summed E-state index contributed by atoms with van der Waals surface area (Å²) in [6.45, 7) is 7.38. The molecule has 0 bridgehead atoms. The summed E-state index contributed by atoms with van der Waals surface area (Å²) >= 11 is 0. The topological polar surface area (TPSA) is 153 Å². The van der Waals surface area contributed by atoms with Crippen LogP contribution in [0.5, 0.6) is 0 Å². The second-order valence-corrected chi connectivity index (χ2v) is 8.46. The molecule has 1 amide bonds. The molecule has 0 aliphatic rings. The third-order valence-corrected chi connectivity index (χ3v) is 5.37. The van der Waals surface area contributed by atoms with Gasteiger partial charge in [0.05, 0.1) is 52.9 Å². The molecule has 0 aromatic carbocycles. The van der Waals surface area contributed by atoms with Crippen LogP contribution in [0.4, 0.5) is 4.79 Å². The molecule has 0 fully saturated rings. The second kappa shape index (κ2) is 28.6. The molecule has 0 rings (SSSR count). The molecule has 216 valence electrons. The van der Waals surface area contributed by atoms with Gasteiger partial charge in [0.1, 0.15) is 11.9 Å². The van der Waals surface area contributed by atoms with Crippen LogP contribution in [-0.4, -0.2) is 97.5 Å². The van der Waals surface area contributed by atoms with Crippen LogP contribution in [0.1, 0.15) is 64.7 Å². The van der Waals surface area contributed by atoms with E-state index in [4.69, 9.17) is 29.2 Å². The molecule has 0 aliphatic carbocycles. The highest BCUT2D eigenvalue weighted by molar-refractivity contribution is 5.78. The molecule has 37 heavy (non-hydrogen) atoms. The van der Waals surface area contributed by atoms with Gasteiger partial charge in [-0.05, 0) is 51.2 Å². The summed E-state index contributed by atoms with van der Waals surface area (Å²) in [5.74, 6) is 0.223. The van der Waals surface area contributed by atoms with Gasteiger partial charge in [0.15, 0.2) is 0 Å². The molecular formula is C25H49N5O7. The average Bonchev–Trinajstić information content (AvgIpc) is 2.90. The minimum Gasteiger partial charge on any atom is -0.446 e. The van der Waals surface area contributed by atoms with Crippen molar-refractivity contribution in [3.05, 3.63) is 10.4 Å². The summed E-state index contributed by atoms with van der Waals surface area (Å²) in [5, 5.41) is 9.18. The van der Waals surface area contributed by atoms with E-state index in [0.717, 1.165) is 51.5 Å². The van der Waals surface area contributed by atoms with Gasteiger partial charge in [-0.2, -0.15) is 0 Å². The number of amides is 1. The Balaban J connectivity index is 3.43. The molecule has 0 aliphatic heterocycles. The lowest BCUT2D eigenvalue weighted by Crippen LogP contribution is -2.30. The quantitative estimate of drug-likeness (QED) is 0.0669. The number of Topliss-reactive ketones (excluding diaryl/α,β-unsaturated/α-hetero) is 1. The van der Waals surface area contributed by atoms with Crippen LogP contribution in [0.25, 0.3) is 10.4 Å². The molecular weight excluding hydrogens is 482 g/mol. The van der Waals surface area contributed by atoms with Crippen molar-refractivity contribution in [2.45, 2.75) is 70.8 Å². The van der Waals surface area contributed by atoms with Gasteiger partial charge in [0.25, 0.3) is 0 Å². The Morgan fingerprint density at radius 2 is 1.43 bits per heavy atom. The number of carbonyl (C=O) groups is 2. The van der Waals surface area contributed by atoms with Gasteiger partial charge in [-0.3, -0.25) is 4.79 Å². The Morgan fingerprint density at radius 1 is 0.811 bits per heavy atom. The summed E-state index contributed by atoms with van der Waals surface area (Å²) in [7, 11) is 1.88. The van der Waals surface area contributed by atoms with Crippen molar-refractivity contribution < 1.29 is 33.3 Å². The first-order valence-corrected chi connectivity index (χ1v) is 13.6. The smallest absolute Gasteiger partial charge is 0.407 e. The highest BCUT2D eigenvalue weighted by Gasteiger charge is 2.12. The van der Waals surface area contributed by atoms with Crippen molar-refractivity contribution in [1.29, 1.82) is 0 Å². The predicted octanol–water partition coefficient (Wildman–Crippen LogP) is 3.78. The molecule has 0 heterocycles. The lowest BCUT2D eigenvalue weighted by Gasteiger charge is -2.16. The van der Waals surface area contributed by atoms with Crippen LogP contribution in [0.3, 0.4) is 0 Å². The van der Waals surface area contributed by atoms with Gasteiger partial charge in [0.2, 0.25) is 0 Å². The second-order valence-electron chi connectivity index (χ2n) is 8.46. The van der Waals surface area contributed by atoms with Gasteiger partial charge < -0.3 is 34.3 Å². The molecule has 0 spiro atoms. The number of unbranched alkanes of at least 4 members (excludes halogenated alkanes) is 3. The number of hydrogen-bond acceptors (Lipinski definition) is 9. The van der Waals surface area contributed by atoms with E-state index >= 15 is 0 Å². The fourth-order valence-electron chi connectivity index (χ4n) is 3.27. The number of hydrogen-bond donors (Lipinski definition) is 2. The molecule has 0 saturated heterocycles. The largest absolute Gasteiger partial charge is 0.446 e. The van der Waals surface area contributed by atoms with E-state index in [1.165, 1.54) is 0 Å². The first-order chi connectivity index (χ1) is 18.1. The van der Waals surface area contributed by atoms with Gasteiger partial charge in [0, 0.05) is 30.8 Å². The van der Waals surface area contributed by atoms with Crippen molar-refractivity contribution in [3.8, 4) is 0 Å². The van der Waals surface area contributed by atoms with Crippen LogP contribution in [0.2, 0.25) is 0 Å². The van der Waals surface area contributed by atoms with Crippen molar-refractivity contribution in [2.75, 3.05) is 79.5 Å². The number of carbonyl (C=O) groups excluding carboxylic acids is 2. The number of ether oxygens (including phenoxy) is 5. The lowest BCUT2D eigenvalue weighted by atomic mass is 10.0. The SMILES string of the molecule is CCC(CCCCCCC(=O)CCOCCOCCOCCOCCN=[N+]=[N-])OC(=O)NCCCNC. The van der Waals surface area contributed by atoms with E-state index in [1.54, 1.807) is 0 Å². The summed E-state index contributed by atoms with van der Waals surface area (Å²) < 4.78 is 26.9. The predicted molar refractivity (Wildman–Crippen MR) is 142 cm³/mol. The fraction of sp³-hybridized carbons (Fsp3) is 0.920. The number of nitrogens with zero attached hydrogens (tertiary/aromatic N) is 3. The Kier molecular flexibility index (Phi) is 27.1. The van der Waals surface area contributed by atoms with E-state index in [1.807, 2.05) is 14.0 Å². The Morgan fingerprint density at radius 3 is 2.05 bits per heavy atom. The summed E-state index contributed by atoms with van der Waals surface area (Å²) in [4.78, 5) is 26.4. The van der Waals surface area contributed by atoms with Crippen LogP contribution >= 0.6 is 0 Å². The third kappa shape index (κ3) is 26.9. The van der Waals surface area contributed by atoms with Gasteiger partial charge in [-0.1, -0.05) is 24.9 Å². The van der Waals surface area contributed by atoms with Crippen LogP contribution in [0.15, 0.2) is 5.11 Å². The number of nitrogens with one attached hydrogen (secondary N) is 2. The Hall–Kier alpha value is -1.95. The molecule has 12 nitrogen and oxygen atoms in total. The van der Waals surface area contributed by atoms with E-state index in [-0.39, 0.29) is 18.0 Å². The molecule has 12 heteroatoms. The minimum absolute atomic E-state index is 0.0542. The number of ketones is 1. The lowest BCUT2D eigenvalue weighted by molar-refractivity contribution is -0.120. The first kappa shape index (κ1) is 35.0. The van der Waals surface area contributed by atoms with Crippen molar-refractivity contribution in [2.24, 2.45) is 5.11 Å². The maximum Gasteiger partial charge on any atom is 0.407 e. The molecule has 1 unspecified atom stereocenters. The number of azide groups is 1. The molecule has 0 saturated carbocycles. The maximum absolute atomic E-state index is 12.0. The molecule has 1 atom stereocenters. The van der Waals surface area contributed by atoms with Gasteiger partial charge >= 0.3 is 6.09 Å². The highest BCUT2D eigenvalue weighted by Crippen LogP contribution is 2.12. The summed E-state index contributed by atoms with van der Waals surface area (Å²) in [6, 6.07) is 0. The average molecular weight is 532 g/mol. The number of alkyl carbamates (subject to hydrolysis) is 1. The summed E-state index contributed by atoms with van der Waals surface area (Å²) in [5.41, 5.74) is 8.13. The normalized spacial score (nSPS) is 11.6. The van der Waals surface area contributed by atoms with E-state index in [0.29, 0.717) is 78.8 Å². The standard InChI is InChI=1S/C25H49N5O7/c1-3-24(37-25(32)28-13-8-12-27-2)10-7-5-4-6-9-23(31)11-15-33-17-19-35-21-22-36-20-18-34-16-14-29-30-26/h24,27H,3-22H2,1-2H3,(H,28,32). The van der Waals surface area contributed by atoms with Crippen LogP contribution in [0, 0.1) is 0 Å². The Labute approximate surface area is 222 Å². The number of rotatable bonds is 28. The van der Waals surface area contributed by atoms with E-state index < -0.39 is 0 Å². The zero-order valence-electron chi connectivity index (χ0n) is 22.9. The molecule has 0 aromatic rings. The van der Waals surface area contributed by atoms with Crippen molar-refractivity contribution in [3.63, 3.8) is 0 Å². The maximum atomic E-state index is 12.0. The van der Waals surface area contributed by atoms with Gasteiger partial charge in [-0.15, -0.1) is 0 Å². The zero-order chi connectivity index (χ0) is 27.2. The molecule has 2 N–H and O–H groups in total. The Bertz CT molecular complexity index is 592. The molecule has 0 radical (unpaired) electrons. The highest BCUT2D eigenvalue weighted by atomic mass is 16.6. The zero-order valence-corrected chi connectivity index (χ0v) is 22.9. The first-order valence-electron chi connectivity index (χ1n) is 13.6. The van der Waals surface area contributed by atoms with Crippen molar-refractivity contribution in [1.82, 2.24) is 10.6 Å². The van der Waals surface area contributed by atoms with Crippen LogP contribution in [-0.2, 0) is 28.5 Å². The minimum atomic E-state index is -0.338.